The van der Waals surface area contributed by atoms with Gasteiger partial charge in [0.15, 0.2) is 11.5 Å². The number of anilines is 1. The van der Waals surface area contributed by atoms with Gasteiger partial charge in [0, 0.05) is 17.4 Å². The highest BCUT2D eigenvalue weighted by atomic mass is 16.6. The van der Waals surface area contributed by atoms with Crippen LogP contribution in [0.25, 0.3) is 0 Å². The predicted octanol–water partition coefficient (Wildman–Crippen LogP) is 3.64. The zero-order valence-corrected chi connectivity index (χ0v) is 17.6. The maximum Gasteiger partial charge on any atom is 0.431 e. The molecular formula is C23H22N4O5. The van der Waals surface area contributed by atoms with Crippen LogP contribution in [-0.4, -0.2) is 48.5 Å². The summed E-state index contributed by atoms with van der Waals surface area (Å²) < 4.78 is 15.9. The first-order chi connectivity index (χ1) is 15.6. The number of rotatable bonds is 7. The van der Waals surface area contributed by atoms with Crippen LogP contribution in [0.2, 0.25) is 0 Å². The summed E-state index contributed by atoms with van der Waals surface area (Å²) >= 11 is 0. The van der Waals surface area contributed by atoms with Crippen LogP contribution in [0.4, 0.5) is 10.5 Å². The summed E-state index contributed by atoms with van der Waals surface area (Å²) in [4.78, 5) is 27.2. The Balaban J connectivity index is 1.47. The van der Waals surface area contributed by atoms with Gasteiger partial charge in [-0.25, -0.2) is 4.79 Å². The van der Waals surface area contributed by atoms with Gasteiger partial charge >= 0.3 is 6.09 Å². The summed E-state index contributed by atoms with van der Waals surface area (Å²) in [5.41, 5.74) is 3.31. The van der Waals surface area contributed by atoms with Gasteiger partial charge in [-0.2, -0.15) is 10.1 Å². The number of hydrogen-bond acceptors (Lipinski definition) is 6. The lowest BCUT2D eigenvalue weighted by Crippen LogP contribution is -2.35. The van der Waals surface area contributed by atoms with E-state index < -0.39 is 6.09 Å². The second-order valence-electron chi connectivity index (χ2n) is 6.96. The standard InChI is InChI=1S/C23H22N4O5/c1-30-20-10-7-16(12-21(20)31-2)19-14-32-23(29)27(26-19)13-15-5-8-17(9-6-15)25-22(28)18-4-3-11-24-18/h3-12,24H,13-14H2,1-2H3,(H,25,28). The fourth-order valence-electron chi connectivity index (χ4n) is 3.21. The lowest BCUT2D eigenvalue weighted by atomic mass is 10.1. The van der Waals surface area contributed by atoms with Crippen molar-refractivity contribution in [3.05, 3.63) is 77.6 Å². The van der Waals surface area contributed by atoms with Crippen LogP contribution in [-0.2, 0) is 11.3 Å². The molecular weight excluding hydrogens is 412 g/mol. The molecule has 0 saturated heterocycles. The highest BCUT2D eigenvalue weighted by molar-refractivity contribution is 6.04. The van der Waals surface area contributed by atoms with E-state index in [4.69, 9.17) is 14.2 Å². The van der Waals surface area contributed by atoms with Gasteiger partial charge in [-0.15, -0.1) is 0 Å². The van der Waals surface area contributed by atoms with Crippen LogP contribution in [0.5, 0.6) is 11.5 Å². The van der Waals surface area contributed by atoms with Gasteiger partial charge in [-0.3, -0.25) is 4.79 Å². The molecule has 4 rings (SSSR count). The third-order valence-electron chi connectivity index (χ3n) is 4.89. The average molecular weight is 434 g/mol. The lowest BCUT2D eigenvalue weighted by molar-refractivity contribution is 0.102. The minimum Gasteiger partial charge on any atom is -0.493 e. The average Bonchev–Trinajstić information content (AvgIpc) is 3.36. The van der Waals surface area contributed by atoms with Crippen molar-refractivity contribution in [3.8, 4) is 11.5 Å². The highest BCUT2D eigenvalue weighted by Crippen LogP contribution is 2.28. The zero-order chi connectivity index (χ0) is 22.5. The van der Waals surface area contributed by atoms with Crippen LogP contribution >= 0.6 is 0 Å². The van der Waals surface area contributed by atoms with Gasteiger partial charge in [-0.05, 0) is 48.0 Å². The number of methoxy groups -OCH3 is 2. The quantitative estimate of drug-likeness (QED) is 0.591. The number of amides is 2. The Bertz CT molecular complexity index is 1140. The summed E-state index contributed by atoms with van der Waals surface area (Å²) in [5, 5.41) is 8.54. The number of nitrogens with one attached hydrogen (secondary N) is 2. The van der Waals surface area contributed by atoms with E-state index in [0.717, 1.165) is 11.1 Å². The Morgan fingerprint density at radius 1 is 1.12 bits per heavy atom. The van der Waals surface area contributed by atoms with E-state index in [-0.39, 0.29) is 19.1 Å². The SMILES string of the molecule is COc1ccc(C2=NN(Cc3ccc(NC(=O)c4ccc[nH]4)cc3)C(=O)OC2)cc1OC. The van der Waals surface area contributed by atoms with Gasteiger partial charge in [-0.1, -0.05) is 12.1 Å². The predicted molar refractivity (Wildman–Crippen MR) is 118 cm³/mol. The highest BCUT2D eigenvalue weighted by Gasteiger charge is 2.23. The van der Waals surface area contributed by atoms with Crippen LogP contribution in [0, 0.1) is 0 Å². The number of H-pyrrole nitrogens is 1. The molecule has 2 aromatic carbocycles. The summed E-state index contributed by atoms with van der Waals surface area (Å²) in [5.74, 6) is 0.935. The van der Waals surface area contributed by atoms with E-state index in [0.29, 0.717) is 28.6 Å². The minimum atomic E-state index is -0.529. The molecule has 0 spiro atoms. The lowest BCUT2D eigenvalue weighted by Gasteiger charge is -2.24. The molecule has 0 fully saturated rings. The van der Waals surface area contributed by atoms with E-state index in [1.54, 1.807) is 56.8 Å². The smallest absolute Gasteiger partial charge is 0.431 e. The van der Waals surface area contributed by atoms with E-state index in [9.17, 15) is 9.59 Å². The van der Waals surface area contributed by atoms with Gasteiger partial charge in [0.05, 0.1) is 20.8 Å². The second-order valence-corrected chi connectivity index (χ2v) is 6.96. The Hall–Kier alpha value is -4.27. The first-order valence-electron chi connectivity index (χ1n) is 9.85. The molecule has 1 aliphatic heterocycles. The number of hydrogen-bond donors (Lipinski definition) is 2. The number of aromatic amines is 1. The Morgan fingerprint density at radius 2 is 1.91 bits per heavy atom. The van der Waals surface area contributed by atoms with Crippen molar-refractivity contribution in [2.24, 2.45) is 5.10 Å². The molecule has 2 amide bonds. The molecule has 0 aliphatic carbocycles. The van der Waals surface area contributed by atoms with Crippen LogP contribution < -0.4 is 14.8 Å². The molecule has 1 aromatic heterocycles. The zero-order valence-electron chi connectivity index (χ0n) is 17.6. The number of hydrazone groups is 1. The minimum absolute atomic E-state index is 0.0640. The first-order valence-corrected chi connectivity index (χ1v) is 9.85. The van der Waals surface area contributed by atoms with Crippen molar-refractivity contribution in [2.45, 2.75) is 6.54 Å². The fourth-order valence-corrected chi connectivity index (χ4v) is 3.21. The summed E-state index contributed by atoms with van der Waals surface area (Å²) in [7, 11) is 3.12. The van der Waals surface area contributed by atoms with Crippen LogP contribution in [0.15, 0.2) is 65.9 Å². The number of carbonyl (C=O) groups is 2. The molecule has 164 valence electrons. The molecule has 9 heteroatoms. The number of nitrogens with zero attached hydrogens (tertiary/aromatic N) is 2. The molecule has 2 N–H and O–H groups in total. The van der Waals surface area contributed by atoms with Gasteiger partial charge in [0.25, 0.3) is 5.91 Å². The summed E-state index contributed by atoms with van der Waals surface area (Å²) in [6, 6.07) is 16.0. The number of ether oxygens (including phenoxy) is 3. The molecule has 1 aliphatic rings. The number of cyclic esters (lactones) is 1. The van der Waals surface area contributed by atoms with Crippen molar-refractivity contribution >= 4 is 23.4 Å². The van der Waals surface area contributed by atoms with Crippen molar-refractivity contribution in [3.63, 3.8) is 0 Å². The second kappa shape index (κ2) is 9.25. The molecule has 0 bridgehead atoms. The Kier molecular flexibility index (Phi) is 6.07. The van der Waals surface area contributed by atoms with Crippen LogP contribution in [0.3, 0.4) is 0 Å². The normalized spacial score (nSPS) is 13.2. The van der Waals surface area contributed by atoms with E-state index in [1.807, 2.05) is 18.2 Å². The monoisotopic (exact) mass is 434 g/mol. The Morgan fingerprint density at radius 3 is 2.59 bits per heavy atom. The largest absolute Gasteiger partial charge is 0.493 e. The number of aromatic nitrogens is 1. The molecule has 0 unspecified atom stereocenters. The molecule has 0 saturated carbocycles. The molecule has 32 heavy (non-hydrogen) atoms. The first kappa shape index (κ1) is 21.0. The van der Waals surface area contributed by atoms with Gasteiger partial charge in [0.2, 0.25) is 0 Å². The molecule has 0 atom stereocenters. The van der Waals surface area contributed by atoms with Crippen molar-refractivity contribution in [1.82, 2.24) is 9.99 Å². The Labute approximate surface area is 184 Å². The third kappa shape index (κ3) is 4.56. The number of benzene rings is 2. The maximum atomic E-state index is 12.2. The topological polar surface area (TPSA) is 105 Å². The van der Waals surface area contributed by atoms with E-state index >= 15 is 0 Å². The number of carbonyl (C=O) groups excluding carboxylic acids is 2. The molecule has 9 nitrogen and oxygen atoms in total. The third-order valence-corrected chi connectivity index (χ3v) is 4.89. The molecule has 0 radical (unpaired) electrons. The van der Waals surface area contributed by atoms with E-state index in [2.05, 4.69) is 15.4 Å². The summed E-state index contributed by atoms with van der Waals surface area (Å²) in [6.45, 7) is 0.287. The molecule has 2 heterocycles. The summed E-state index contributed by atoms with van der Waals surface area (Å²) in [6.07, 6.45) is 1.16. The van der Waals surface area contributed by atoms with Crippen molar-refractivity contribution in [1.29, 1.82) is 0 Å². The van der Waals surface area contributed by atoms with Gasteiger partial charge < -0.3 is 24.5 Å². The van der Waals surface area contributed by atoms with Gasteiger partial charge in [0.1, 0.15) is 18.0 Å². The van der Waals surface area contributed by atoms with E-state index in [1.165, 1.54) is 5.01 Å². The fraction of sp³-hybridized carbons (Fsp3) is 0.174. The van der Waals surface area contributed by atoms with Crippen LogP contribution in [0.1, 0.15) is 21.6 Å². The maximum absolute atomic E-state index is 12.2. The molecule has 3 aromatic rings. The van der Waals surface area contributed by atoms with Crippen molar-refractivity contribution in [2.75, 3.05) is 26.1 Å². The van der Waals surface area contributed by atoms with Crippen molar-refractivity contribution < 1.29 is 23.8 Å².